The van der Waals surface area contributed by atoms with Crippen LogP contribution in [0, 0.1) is 6.92 Å². The smallest absolute Gasteiger partial charge is 0.368 e. The number of aromatic nitrogens is 1. The standard InChI is InChI=1S/C31H29F6N5O.2ClH/c1-20-8-9-26-27(38-20)6-3-7-28(26)42-14-12-41(13-15-42)11-10-21-4-2-5-24(16-21)39-29(43)40-25-18-22(30(32,33)34)17-23(19-25)31(35,36)37;;/h2-9,16-19H,10-15H2,1H3,(H2,39,40,43);2*1H. The lowest BCUT2D eigenvalue weighted by molar-refractivity contribution is -0.143. The van der Waals surface area contributed by atoms with Gasteiger partial charge in [-0.25, -0.2) is 4.79 Å². The molecule has 0 bridgehead atoms. The van der Waals surface area contributed by atoms with Crippen molar-refractivity contribution in [3.8, 4) is 0 Å². The van der Waals surface area contributed by atoms with Gasteiger partial charge in [0.05, 0.1) is 16.6 Å². The van der Waals surface area contributed by atoms with E-state index in [1.807, 2.05) is 31.2 Å². The first kappa shape index (κ1) is 35.7. The summed E-state index contributed by atoms with van der Waals surface area (Å²) < 4.78 is 78.8. The fourth-order valence-electron chi connectivity index (χ4n) is 5.14. The van der Waals surface area contributed by atoms with Gasteiger partial charge in [0.25, 0.3) is 0 Å². The number of halogens is 8. The Hall–Kier alpha value is -3.74. The van der Waals surface area contributed by atoms with E-state index in [1.165, 1.54) is 5.69 Å². The molecule has 0 atom stereocenters. The van der Waals surface area contributed by atoms with E-state index in [1.54, 1.807) is 18.2 Å². The van der Waals surface area contributed by atoms with Crippen LogP contribution in [0.3, 0.4) is 0 Å². The highest BCUT2D eigenvalue weighted by Crippen LogP contribution is 2.37. The van der Waals surface area contributed by atoms with E-state index >= 15 is 0 Å². The predicted molar refractivity (Wildman–Crippen MR) is 169 cm³/mol. The summed E-state index contributed by atoms with van der Waals surface area (Å²) in [6.07, 6.45) is -9.33. The molecule has 2 amide bonds. The zero-order valence-electron chi connectivity index (χ0n) is 24.0. The lowest BCUT2D eigenvalue weighted by Gasteiger charge is -2.36. The minimum absolute atomic E-state index is 0. The third kappa shape index (κ3) is 9.15. The number of nitrogens with zero attached hydrogens (tertiary/aromatic N) is 3. The van der Waals surface area contributed by atoms with Gasteiger partial charge in [-0.15, -0.1) is 24.8 Å². The number of nitrogens with one attached hydrogen (secondary N) is 2. The van der Waals surface area contributed by atoms with Gasteiger partial charge in [-0.05, 0) is 73.5 Å². The number of fused-ring (bicyclic) bond motifs is 1. The Bertz CT molecular complexity index is 1590. The Labute approximate surface area is 268 Å². The molecule has 45 heavy (non-hydrogen) atoms. The zero-order chi connectivity index (χ0) is 30.8. The molecule has 3 aromatic carbocycles. The molecular formula is C31H31Cl2F6N5O. The Morgan fingerprint density at radius 1 is 0.778 bits per heavy atom. The fraction of sp³-hybridized carbons (Fsp3) is 0.290. The molecule has 0 saturated carbocycles. The van der Waals surface area contributed by atoms with Crippen LogP contribution in [0.5, 0.6) is 0 Å². The molecule has 1 saturated heterocycles. The highest BCUT2D eigenvalue weighted by molar-refractivity contribution is 6.00. The number of alkyl halides is 6. The average Bonchev–Trinajstić information content (AvgIpc) is 2.95. The van der Waals surface area contributed by atoms with Gasteiger partial charge in [0.15, 0.2) is 0 Å². The fourth-order valence-corrected chi connectivity index (χ4v) is 5.14. The number of rotatable bonds is 6. The van der Waals surface area contributed by atoms with Gasteiger partial charge < -0.3 is 15.5 Å². The minimum atomic E-state index is -5.01. The van der Waals surface area contributed by atoms with Crippen molar-refractivity contribution in [1.82, 2.24) is 9.88 Å². The molecule has 0 radical (unpaired) electrons. The molecule has 242 valence electrons. The Kier molecular flexibility index (Phi) is 11.6. The third-order valence-electron chi connectivity index (χ3n) is 7.31. The number of urea groups is 1. The van der Waals surface area contributed by atoms with Gasteiger partial charge in [-0.2, -0.15) is 26.3 Å². The van der Waals surface area contributed by atoms with E-state index in [0.717, 1.165) is 54.9 Å². The van der Waals surface area contributed by atoms with Gasteiger partial charge in [0, 0.05) is 60.9 Å². The molecular weight excluding hydrogens is 643 g/mol. The molecule has 1 aromatic heterocycles. The number of piperazine rings is 1. The average molecular weight is 675 g/mol. The molecule has 1 fully saturated rings. The van der Waals surface area contributed by atoms with Crippen LogP contribution in [0.2, 0.25) is 0 Å². The Balaban J connectivity index is 0.00000276. The second-order valence-corrected chi connectivity index (χ2v) is 10.4. The monoisotopic (exact) mass is 673 g/mol. The predicted octanol–water partition coefficient (Wildman–Crippen LogP) is 8.43. The van der Waals surface area contributed by atoms with E-state index in [2.05, 4.69) is 37.6 Å². The molecule has 0 spiro atoms. The SMILES string of the molecule is Cc1ccc2c(N3CCN(CCc4cccc(NC(=O)Nc5cc(C(F)(F)F)cc(C(F)(F)F)c5)c4)CC3)cccc2n1.Cl.Cl. The molecule has 2 N–H and O–H groups in total. The second-order valence-electron chi connectivity index (χ2n) is 10.4. The maximum atomic E-state index is 13.1. The van der Waals surface area contributed by atoms with Crippen LogP contribution in [-0.2, 0) is 18.8 Å². The summed E-state index contributed by atoms with van der Waals surface area (Å²) in [5, 5.41) is 5.70. The number of anilines is 3. The molecule has 4 aromatic rings. The van der Waals surface area contributed by atoms with Crippen molar-refractivity contribution in [2.45, 2.75) is 25.7 Å². The maximum Gasteiger partial charge on any atom is 0.416 e. The van der Waals surface area contributed by atoms with E-state index in [-0.39, 0.29) is 30.9 Å². The first-order valence-corrected chi connectivity index (χ1v) is 13.7. The van der Waals surface area contributed by atoms with Gasteiger partial charge in [-0.3, -0.25) is 9.88 Å². The quantitative estimate of drug-likeness (QED) is 0.202. The van der Waals surface area contributed by atoms with Crippen molar-refractivity contribution in [2.24, 2.45) is 0 Å². The summed E-state index contributed by atoms with van der Waals surface area (Å²) in [6, 6.07) is 17.2. The number of pyridine rings is 1. The summed E-state index contributed by atoms with van der Waals surface area (Å²) in [5.41, 5.74) is 0.769. The van der Waals surface area contributed by atoms with E-state index < -0.39 is 35.2 Å². The summed E-state index contributed by atoms with van der Waals surface area (Å²) in [4.78, 5) is 21.8. The minimum Gasteiger partial charge on any atom is -0.368 e. The molecule has 2 heterocycles. The number of benzene rings is 3. The Morgan fingerprint density at radius 2 is 1.40 bits per heavy atom. The van der Waals surface area contributed by atoms with Crippen LogP contribution in [-0.4, -0.2) is 48.6 Å². The molecule has 0 unspecified atom stereocenters. The maximum absolute atomic E-state index is 13.1. The van der Waals surface area contributed by atoms with Crippen molar-refractivity contribution in [3.05, 3.63) is 95.2 Å². The zero-order valence-corrected chi connectivity index (χ0v) is 25.6. The lowest BCUT2D eigenvalue weighted by Crippen LogP contribution is -2.47. The van der Waals surface area contributed by atoms with E-state index in [4.69, 9.17) is 0 Å². The van der Waals surface area contributed by atoms with Crippen LogP contribution in [0.15, 0.2) is 72.8 Å². The normalized spacial score (nSPS) is 14.0. The van der Waals surface area contributed by atoms with Crippen molar-refractivity contribution in [1.29, 1.82) is 0 Å². The number of carbonyl (C=O) groups excluding carboxylic acids is 1. The molecule has 1 aliphatic rings. The van der Waals surface area contributed by atoms with Gasteiger partial charge >= 0.3 is 18.4 Å². The van der Waals surface area contributed by atoms with Crippen molar-refractivity contribution in [2.75, 3.05) is 48.3 Å². The van der Waals surface area contributed by atoms with Crippen LogP contribution >= 0.6 is 24.8 Å². The first-order valence-electron chi connectivity index (χ1n) is 13.7. The van der Waals surface area contributed by atoms with E-state index in [0.29, 0.717) is 24.2 Å². The molecule has 1 aliphatic heterocycles. The summed E-state index contributed by atoms with van der Waals surface area (Å²) in [6.45, 7) is 6.22. The molecule has 5 rings (SSSR count). The number of aryl methyl sites for hydroxylation is 1. The van der Waals surface area contributed by atoms with E-state index in [9.17, 15) is 31.1 Å². The summed E-state index contributed by atoms with van der Waals surface area (Å²) in [5.74, 6) is 0. The number of hydrogen-bond donors (Lipinski definition) is 2. The van der Waals surface area contributed by atoms with Crippen LogP contribution in [0.25, 0.3) is 10.9 Å². The molecule has 6 nitrogen and oxygen atoms in total. The van der Waals surface area contributed by atoms with Gasteiger partial charge in [0.2, 0.25) is 0 Å². The van der Waals surface area contributed by atoms with Crippen LogP contribution < -0.4 is 15.5 Å². The first-order chi connectivity index (χ1) is 20.3. The van der Waals surface area contributed by atoms with Gasteiger partial charge in [-0.1, -0.05) is 18.2 Å². The largest absolute Gasteiger partial charge is 0.416 e. The van der Waals surface area contributed by atoms with Crippen molar-refractivity contribution in [3.63, 3.8) is 0 Å². The summed E-state index contributed by atoms with van der Waals surface area (Å²) in [7, 11) is 0. The molecule has 0 aliphatic carbocycles. The van der Waals surface area contributed by atoms with Gasteiger partial charge in [0.1, 0.15) is 0 Å². The highest BCUT2D eigenvalue weighted by atomic mass is 35.5. The lowest BCUT2D eigenvalue weighted by atomic mass is 10.1. The number of hydrogen-bond acceptors (Lipinski definition) is 4. The Morgan fingerprint density at radius 3 is 2.04 bits per heavy atom. The van der Waals surface area contributed by atoms with Crippen molar-refractivity contribution < 1.29 is 31.1 Å². The summed E-state index contributed by atoms with van der Waals surface area (Å²) >= 11 is 0. The number of amides is 2. The second kappa shape index (κ2) is 14.6. The van der Waals surface area contributed by atoms with Crippen LogP contribution in [0.4, 0.5) is 48.2 Å². The van der Waals surface area contributed by atoms with Crippen molar-refractivity contribution >= 4 is 58.8 Å². The number of carbonyl (C=O) groups is 1. The third-order valence-corrected chi connectivity index (χ3v) is 7.31. The topological polar surface area (TPSA) is 60.5 Å². The van der Waals surface area contributed by atoms with Crippen LogP contribution in [0.1, 0.15) is 22.4 Å². The molecule has 14 heteroatoms. The highest BCUT2D eigenvalue weighted by Gasteiger charge is 2.37.